The Morgan fingerprint density at radius 2 is 2.00 bits per heavy atom. The van der Waals surface area contributed by atoms with Crippen molar-refractivity contribution in [2.24, 2.45) is 0 Å². The molecule has 0 bridgehead atoms. The Morgan fingerprint density at radius 1 is 1.26 bits per heavy atom. The Balaban J connectivity index is 1.68. The zero-order valence-corrected chi connectivity index (χ0v) is 10.2. The molecule has 7 heteroatoms. The number of likely N-dealkylation sites (tertiary alicyclic amines) is 1. The Morgan fingerprint density at radius 3 is 2.53 bits per heavy atom. The molecule has 3 rings (SSSR count). The van der Waals surface area contributed by atoms with Gasteiger partial charge in [-0.3, -0.25) is 14.9 Å². The van der Waals surface area contributed by atoms with Crippen molar-refractivity contribution in [1.82, 2.24) is 20.5 Å². The number of aromatic amines is 1. The third-order valence-corrected chi connectivity index (χ3v) is 3.75. The van der Waals surface area contributed by atoms with Gasteiger partial charge in [-0.2, -0.15) is 0 Å². The number of piperidine rings is 1. The third kappa shape index (κ3) is 1.87. The maximum absolute atomic E-state index is 12.1. The summed E-state index contributed by atoms with van der Waals surface area (Å²) in [5.41, 5.74) is -0.292. The van der Waals surface area contributed by atoms with Gasteiger partial charge in [0, 0.05) is 19.3 Å². The SMILES string of the molecule is O=C1NC(=O)C2(CCN(C(=O)c3ccc[nH]3)CC2)N1. The van der Waals surface area contributed by atoms with Gasteiger partial charge in [0.25, 0.3) is 11.8 Å². The Labute approximate surface area is 109 Å². The molecule has 1 spiro atoms. The van der Waals surface area contributed by atoms with E-state index in [1.807, 2.05) is 0 Å². The molecule has 0 saturated carbocycles. The van der Waals surface area contributed by atoms with E-state index in [2.05, 4.69) is 15.6 Å². The largest absolute Gasteiger partial charge is 0.357 e. The number of nitrogens with one attached hydrogen (secondary N) is 3. The highest BCUT2D eigenvalue weighted by Gasteiger charge is 2.48. The second-order valence-electron chi connectivity index (χ2n) is 4.87. The molecule has 0 unspecified atom stereocenters. The smallest absolute Gasteiger partial charge is 0.322 e. The van der Waals surface area contributed by atoms with E-state index in [1.165, 1.54) is 0 Å². The van der Waals surface area contributed by atoms with E-state index in [1.54, 1.807) is 23.2 Å². The van der Waals surface area contributed by atoms with Crippen molar-refractivity contribution in [3.05, 3.63) is 24.0 Å². The summed E-state index contributed by atoms with van der Waals surface area (Å²) in [7, 11) is 0. The molecule has 0 aliphatic carbocycles. The van der Waals surface area contributed by atoms with Gasteiger partial charge in [-0.1, -0.05) is 0 Å². The van der Waals surface area contributed by atoms with E-state index >= 15 is 0 Å². The van der Waals surface area contributed by atoms with E-state index < -0.39 is 11.6 Å². The van der Waals surface area contributed by atoms with Crippen LogP contribution in [0.4, 0.5) is 4.79 Å². The fourth-order valence-electron chi connectivity index (χ4n) is 2.61. The van der Waals surface area contributed by atoms with Crippen LogP contribution in [-0.4, -0.2) is 46.4 Å². The van der Waals surface area contributed by atoms with Crippen LogP contribution in [0.3, 0.4) is 0 Å². The van der Waals surface area contributed by atoms with E-state index in [0.29, 0.717) is 31.6 Å². The predicted molar refractivity (Wildman–Crippen MR) is 65.3 cm³/mol. The van der Waals surface area contributed by atoms with Gasteiger partial charge in [-0.05, 0) is 25.0 Å². The summed E-state index contributed by atoms with van der Waals surface area (Å²) in [6.07, 6.45) is 2.58. The molecule has 100 valence electrons. The van der Waals surface area contributed by atoms with Crippen LogP contribution in [-0.2, 0) is 4.79 Å². The van der Waals surface area contributed by atoms with E-state index in [4.69, 9.17) is 0 Å². The molecule has 7 nitrogen and oxygen atoms in total. The number of amides is 4. The second kappa shape index (κ2) is 4.11. The van der Waals surface area contributed by atoms with Crippen LogP contribution in [0.5, 0.6) is 0 Å². The summed E-state index contributed by atoms with van der Waals surface area (Å²) < 4.78 is 0. The first-order valence-corrected chi connectivity index (χ1v) is 6.17. The van der Waals surface area contributed by atoms with Gasteiger partial charge in [0.2, 0.25) is 0 Å². The van der Waals surface area contributed by atoms with Crippen LogP contribution in [0.15, 0.2) is 18.3 Å². The van der Waals surface area contributed by atoms with E-state index in [9.17, 15) is 14.4 Å². The molecule has 3 N–H and O–H groups in total. The highest BCUT2D eigenvalue weighted by atomic mass is 16.2. The maximum atomic E-state index is 12.1. The fraction of sp³-hybridized carbons (Fsp3) is 0.417. The number of hydrogen-bond acceptors (Lipinski definition) is 3. The standard InChI is InChI=1S/C12H14N4O3/c17-9(8-2-1-5-13-8)16-6-3-12(4-7-16)10(18)14-11(19)15-12/h1-2,5,13H,3-4,6-7H2,(H2,14,15,18,19). The summed E-state index contributed by atoms with van der Waals surface area (Å²) in [5, 5.41) is 4.92. The first-order valence-electron chi connectivity index (χ1n) is 6.17. The lowest BCUT2D eigenvalue weighted by Gasteiger charge is -2.36. The quantitative estimate of drug-likeness (QED) is 0.613. The fourth-order valence-corrected chi connectivity index (χ4v) is 2.61. The highest BCUT2D eigenvalue weighted by molar-refractivity contribution is 6.07. The monoisotopic (exact) mass is 262 g/mol. The summed E-state index contributed by atoms with van der Waals surface area (Å²) >= 11 is 0. The number of rotatable bonds is 1. The van der Waals surface area contributed by atoms with Gasteiger partial charge in [-0.15, -0.1) is 0 Å². The second-order valence-corrected chi connectivity index (χ2v) is 4.87. The van der Waals surface area contributed by atoms with Crippen molar-refractivity contribution < 1.29 is 14.4 Å². The van der Waals surface area contributed by atoms with Gasteiger partial charge in [0.15, 0.2) is 0 Å². The number of hydrogen-bond donors (Lipinski definition) is 3. The minimum atomic E-state index is -0.830. The van der Waals surface area contributed by atoms with Crippen molar-refractivity contribution in [2.75, 3.05) is 13.1 Å². The first-order chi connectivity index (χ1) is 9.11. The normalized spacial score (nSPS) is 21.4. The lowest BCUT2D eigenvalue weighted by Crippen LogP contribution is -2.55. The van der Waals surface area contributed by atoms with Crippen LogP contribution >= 0.6 is 0 Å². The molecule has 2 aliphatic heterocycles. The minimum Gasteiger partial charge on any atom is -0.357 e. The molecule has 0 aromatic carbocycles. The molecule has 0 radical (unpaired) electrons. The van der Waals surface area contributed by atoms with Crippen LogP contribution in [0.1, 0.15) is 23.3 Å². The highest BCUT2D eigenvalue weighted by Crippen LogP contribution is 2.26. The number of carbonyl (C=O) groups excluding carboxylic acids is 3. The molecule has 3 heterocycles. The van der Waals surface area contributed by atoms with Crippen molar-refractivity contribution in [2.45, 2.75) is 18.4 Å². The Bertz CT molecular complexity index is 529. The average Bonchev–Trinajstić information content (AvgIpc) is 2.99. The van der Waals surface area contributed by atoms with Crippen molar-refractivity contribution in [3.8, 4) is 0 Å². The van der Waals surface area contributed by atoms with Gasteiger partial charge < -0.3 is 15.2 Å². The predicted octanol–water partition coefficient (Wildman–Crippen LogP) is -0.171. The molecule has 4 amide bonds. The zero-order valence-electron chi connectivity index (χ0n) is 10.2. The molecule has 1 aromatic heterocycles. The molecule has 2 saturated heterocycles. The first kappa shape index (κ1) is 11.8. The number of nitrogens with zero attached hydrogens (tertiary/aromatic N) is 1. The Hall–Kier alpha value is -2.31. The average molecular weight is 262 g/mol. The van der Waals surface area contributed by atoms with Crippen molar-refractivity contribution >= 4 is 17.8 Å². The molecule has 1 aromatic rings. The van der Waals surface area contributed by atoms with E-state index in [0.717, 1.165) is 0 Å². The number of H-pyrrole nitrogens is 1. The molecule has 2 fully saturated rings. The van der Waals surface area contributed by atoms with Crippen molar-refractivity contribution in [3.63, 3.8) is 0 Å². The summed E-state index contributed by atoms with van der Waals surface area (Å²) in [6, 6.07) is 3.04. The molecular formula is C12H14N4O3. The van der Waals surface area contributed by atoms with Crippen LogP contribution in [0.2, 0.25) is 0 Å². The third-order valence-electron chi connectivity index (χ3n) is 3.75. The Kier molecular flexibility index (Phi) is 2.55. The van der Waals surface area contributed by atoms with E-state index in [-0.39, 0.29) is 11.8 Å². The molecule has 19 heavy (non-hydrogen) atoms. The van der Waals surface area contributed by atoms with Gasteiger partial charge in [0.05, 0.1) is 0 Å². The number of carbonyl (C=O) groups is 3. The maximum Gasteiger partial charge on any atom is 0.322 e. The van der Waals surface area contributed by atoms with Gasteiger partial charge >= 0.3 is 6.03 Å². The van der Waals surface area contributed by atoms with Crippen LogP contribution in [0.25, 0.3) is 0 Å². The summed E-state index contributed by atoms with van der Waals surface area (Å²) in [5.74, 6) is -0.367. The van der Waals surface area contributed by atoms with Crippen LogP contribution in [0, 0.1) is 0 Å². The lowest BCUT2D eigenvalue weighted by molar-refractivity contribution is -0.125. The summed E-state index contributed by atoms with van der Waals surface area (Å²) in [4.78, 5) is 39.6. The molecule has 2 aliphatic rings. The zero-order chi connectivity index (χ0) is 13.5. The molecular weight excluding hydrogens is 248 g/mol. The lowest BCUT2D eigenvalue weighted by atomic mass is 9.87. The molecule has 0 atom stereocenters. The summed E-state index contributed by atoms with van der Waals surface area (Å²) in [6.45, 7) is 0.900. The van der Waals surface area contributed by atoms with Gasteiger partial charge in [0.1, 0.15) is 11.2 Å². The van der Waals surface area contributed by atoms with Crippen molar-refractivity contribution in [1.29, 1.82) is 0 Å². The topological polar surface area (TPSA) is 94.3 Å². The number of aromatic nitrogens is 1. The minimum absolute atomic E-state index is 0.0791. The number of imide groups is 1. The van der Waals surface area contributed by atoms with Crippen LogP contribution < -0.4 is 10.6 Å². The number of urea groups is 1. The van der Waals surface area contributed by atoms with Gasteiger partial charge in [-0.25, -0.2) is 4.79 Å².